The van der Waals surface area contributed by atoms with Crippen molar-refractivity contribution in [2.75, 3.05) is 0 Å². The Balaban J connectivity index is 3.14. The number of oxime groups is 1. The Labute approximate surface area is 88.2 Å². The van der Waals surface area contributed by atoms with Crippen molar-refractivity contribution in [3.8, 4) is 0 Å². The van der Waals surface area contributed by atoms with E-state index < -0.39 is 17.6 Å². The zero-order valence-corrected chi connectivity index (χ0v) is 7.92. The predicted molar refractivity (Wildman–Crippen MR) is 48.5 cm³/mol. The van der Waals surface area contributed by atoms with E-state index in [9.17, 15) is 17.6 Å². The molecule has 0 aliphatic carbocycles. The maximum Gasteiger partial charge on any atom is 0.419 e. The fourth-order valence-corrected chi connectivity index (χ4v) is 1.17. The van der Waals surface area contributed by atoms with Gasteiger partial charge in [0.25, 0.3) is 0 Å². The van der Waals surface area contributed by atoms with Gasteiger partial charge in [0.2, 0.25) is 0 Å². The van der Waals surface area contributed by atoms with Gasteiger partial charge in [0.05, 0.1) is 5.56 Å². The third-order valence-electron chi connectivity index (χ3n) is 1.88. The number of rotatable bonds is 2. The smallest absolute Gasteiger partial charge is 0.409 e. The van der Waals surface area contributed by atoms with Crippen molar-refractivity contribution in [2.24, 2.45) is 10.9 Å². The first-order valence-electron chi connectivity index (χ1n) is 4.17. The van der Waals surface area contributed by atoms with Gasteiger partial charge in [-0.2, -0.15) is 13.2 Å². The standard InChI is InChI=1S/C9H8F4N2O/c10-8-5(4-7(14)15-16)2-1-3-6(8)9(11,12)13/h1-3,16H,4H2,(H2,14,15). The zero-order valence-electron chi connectivity index (χ0n) is 7.92. The highest BCUT2D eigenvalue weighted by molar-refractivity contribution is 5.82. The Kier molecular flexibility index (Phi) is 3.36. The molecule has 1 aromatic rings. The molecule has 3 N–H and O–H groups in total. The van der Waals surface area contributed by atoms with E-state index in [4.69, 9.17) is 10.9 Å². The largest absolute Gasteiger partial charge is 0.419 e. The Morgan fingerprint density at radius 3 is 2.50 bits per heavy atom. The van der Waals surface area contributed by atoms with Gasteiger partial charge in [-0.15, -0.1) is 0 Å². The van der Waals surface area contributed by atoms with E-state index >= 15 is 0 Å². The van der Waals surface area contributed by atoms with Crippen LogP contribution in [-0.4, -0.2) is 11.0 Å². The summed E-state index contributed by atoms with van der Waals surface area (Å²) in [7, 11) is 0. The maximum absolute atomic E-state index is 13.4. The fraction of sp³-hybridized carbons (Fsp3) is 0.222. The van der Waals surface area contributed by atoms with Crippen molar-refractivity contribution in [3.63, 3.8) is 0 Å². The van der Waals surface area contributed by atoms with Gasteiger partial charge in [-0.05, 0) is 11.6 Å². The summed E-state index contributed by atoms with van der Waals surface area (Å²) in [4.78, 5) is 0. The molecule has 88 valence electrons. The molecule has 1 rings (SSSR count). The van der Waals surface area contributed by atoms with Crippen LogP contribution in [0, 0.1) is 5.82 Å². The van der Waals surface area contributed by atoms with Crippen molar-refractivity contribution in [3.05, 3.63) is 35.1 Å². The van der Waals surface area contributed by atoms with E-state index in [2.05, 4.69) is 5.16 Å². The Morgan fingerprint density at radius 1 is 1.38 bits per heavy atom. The Bertz CT molecular complexity index is 414. The lowest BCUT2D eigenvalue weighted by Crippen LogP contribution is -2.17. The number of hydrogen-bond acceptors (Lipinski definition) is 2. The molecule has 7 heteroatoms. The molecule has 0 unspecified atom stereocenters. The van der Waals surface area contributed by atoms with Gasteiger partial charge in [-0.1, -0.05) is 17.3 Å². The number of hydrogen-bond donors (Lipinski definition) is 2. The summed E-state index contributed by atoms with van der Waals surface area (Å²) in [5, 5.41) is 10.8. The second-order valence-corrected chi connectivity index (χ2v) is 3.04. The third-order valence-corrected chi connectivity index (χ3v) is 1.88. The second-order valence-electron chi connectivity index (χ2n) is 3.04. The molecule has 0 fully saturated rings. The molecule has 0 bridgehead atoms. The Morgan fingerprint density at radius 2 is 2.00 bits per heavy atom. The van der Waals surface area contributed by atoms with Crippen molar-refractivity contribution >= 4 is 5.84 Å². The van der Waals surface area contributed by atoms with Crippen LogP contribution in [0.25, 0.3) is 0 Å². The quantitative estimate of drug-likeness (QED) is 0.272. The molecule has 0 spiro atoms. The van der Waals surface area contributed by atoms with Crippen LogP contribution in [0.15, 0.2) is 23.4 Å². The number of halogens is 4. The molecule has 0 saturated heterocycles. The van der Waals surface area contributed by atoms with Crippen LogP contribution in [0.3, 0.4) is 0 Å². The SMILES string of the molecule is NC(Cc1cccc(C(F)(F)F)c1F)=NO. The van der Waals surface area contributed by atoms with E-state index in [0.29, 0.717) is 6.07 Å². The van der Waals surface area contributed by atoms with Crippen molar-refractivity contribution < 1.29 is 22.8 Å². The molecule has 0 atom stereocenters. The van der Waals surface area contributed by atoms with Crippen LogP contribution < -0.4 is 5.73 Å². The molecule has 0 aromatic heterocycles. The lowest BCUT2D eigenvalue weighted by molar-refractivity contribution is -0.140. The molecular weight excluding hydrogens is 228 g/mol. The van der Waals surface area contributed by atoms with Crippen molar-refractivity contribution in [1.82, 2.24) is 0 Å². The summed E-state index contributed by atoms with van der Waals surface area (Å²) in [5.74, 6) is -1.76. The minimum Gasteiger partial charge on any atom is -0.409 e. The summed E-state index contributed by atoms with van der Waals surface area (Å²) < 4.78 is 50.2. The topological polar surface area (TPSA) is 58.6 Å². The van der Waals surface area contributed by atoms with E-state index in [0.717, 1.165) is 12.1 Å². The van der Waals surface area contributed by atoms with Crippen molar-refractivity contribution in [1.29, 1.82) is 0 Å². The summed E-state index contributed by atoms with van der Waals surface area (Å²) in [5.41, 5.74) is 3.45. The van der Waals surface area contributed by atoms with Gasteiger partial charge in [-0.25, -0.2) is 4.39 Å². The van der Waals surface area contributed by atoms with Crippen LogP contribution in [0.1, 0.15) is 11.1 Å². The molecule has 0 amide bonds. The van der Waals surface area contributed by atoms with Crippen molar-refractivity contribution in [2.45, 2.75) is 12.6 Å². The van der Waals surface area contributed by atoms with Gasteiger partial charge in [0, 0.05) is 6.42 Å². The minimum atomic E-state index is -4.76. The first kappa shape index (κ1) is 12.3. The number of alkyl halides is 3. The molecule has 0 aliphatic heterocycles. The molecular formula is C9H8F4N2O. The van der Waals surface area contributed by atoms with Crippen LogP contribution in [0.4, 0.5) is 17.6 Å². The second kappa shape index (κ2) is 4.38. The van der Waals surface area contributed by atoms with E-state index in [1.165, 1.54) is 0 Å². The number of benzene rings is 1. The summed E-state index contributed by atoms with van der Waals surface area (Å²) in [6, 6.07) is 2.83. The number of nitrogens with zero attached hydrogens (tertiary/aromatic N) is 1. The number of amidine groups is 1. The summed E-state index contributed by atoms with van der Waals surface area (Å²) in [6.07, 6.45) is -5.14. The molecule has 1 aromatic carbocycles. The average Bonchev–Trinajstić information content (AvgIpc) is 2.19. The van der Waals surface area contributed by atoms with Gasteiger partial charge in [-0.3, -0.25) is 0 Å². The van der Waals surface area contributed by atoms with E-state index in [1.807, 2.05) is 0 Å². The molecule has 0 radical (unpaired) electrons. The lowest BCUT2D eigenvalue weighted by Gasteiger charge is -2.10. The summed E-state index contributed by atoms with van der Waals surface area (Å²) >= 11 is 0. The summed E-state index contributed by atoms with van der Waals surface area (Å²) in [6.45, 7) is 0. The Hall–Kier alpha value is -1.79. The van der Waals surface area contributed by atoms with Crippen LogP contribution in [0.2, 0.25) is 0 Å². The maximum atomic E-state index is 13.4. The van der Waals surface area contributed by atoms with E-state index in [-0.39, 0.29) is 17.8 Å². The third kappa shape index (κ3) is 2.62. The highest BCUT2D eigenvalue weighted by Gasteiger charge is 2.34. The molecule has 3 nitrogen and oxygen atoms in total. The van der Waals surface area contributed by atoms with Crippen LogP contribution in [-0.2, 0) is 12.6 Å². The van der Waals surface area contributed by atoms with Crippen LogP contribution >= 0.6 is 0 Å². The molecule has 0 heterocycles. The molecule has 16 heavy (non-hydrogen) atoms. The molecule has 0 saturated carbocycles. The van der Waals surface area contributed by atoms with E-state index in [1.54, 1.807) is 0 Å². The number of nitrogens with two attached hydrogens (primary N) is 1. The first-order chi connectivity index (χ1) is 7.36. The van der Waals surface area contributed by atoms with Crippen LogP contribution in [0.5, 0.6) is 0 Å². The van der Waals surface area contributed by atoms with Gasteiger partial charge in [0.1, 0.15) is 11.7 Å². The minimum absolute atomic E-state index is 0.273. The average molecular weight is 236 g/mol. The monoisotopic (exact) mass is 236 g/mol. The highest BCUT2D eigenvalue weighted by Crippen LogP contribution is 2.32. The van der Waals surface area contributed by atoms with Gasteiger partial charge < -0.3 is 10.9 Å². The fourth-order valence-electron chi connectivity index (χ4n) is 1.17. The van der Waals surface area contributed by atoms with Gasteiger partial charge >= 0.3 is 6.18 Å². The normalized spacial score (nSPS) is 12.9. The highest BCUT2D eigenvalue weighted by atomic mass is 19.4. The van der Waals surface area contributed by atoms with Gasteiger partial charge in [0.15, 0.2) is 0 Å². The first-order valence-corrected chi connectivity index (χ1v) is 4.17. The predicted octanol–water partition coefficient (Wildman–Crippen LogP) is 2.13. The molecule has 0 aliphatic rings. The zero-order chi connectivity index (χ0) is 12.3. The lowest BCUT2D eigenvalue weighted by atomic mass is 10.1.